The van der Waals surface area contributed by atoms with Gasteiger partial charge in [-0.15, -0.1) is 0 Å². The van der Waals surface area contributed by atoms with Gasteiger partial charge in [0.25, 0.3) is 5.78 Å². The van der Waals surface area contributed by atoms with Crippen LogP contribution in [0.4, 0.5) is 5.95 Å². The predicted octanol–water partition coefficient (Wildman–Crippen LogP) is 3.81. The molecule has 2 aromatic carbocycles. The third-order valence-electron chi connectivity index (χ3n) is 5.04. The van der Waals surface area contributed by atoms with Crippen molar-refractivity contribution in [1.82, 2.24) is 9.97 Å². The molecule has 1 aliphatic heterocycles. The average Bonchev–Trinajstić information content (AvgIpc) is 3.06. The molecule has 31 heavy (non-hydrogen) atoms. The molecule has 0 aliphatic carbocycles. The quantitative estimate of drug-likeness (QED) is 0.387. The van der Waals surface area contributed by atoms with Crippen molar-refractivity contribution in [3.8, 4) is 5.75 Å². The van der Waals surface area contributed by atoms with E-state index in [-0.39, 0.29) is 17.3 Å². The van der Waals surface area contributed by atoms with Crippen molar-refractivity contribution < 1.29 is 19.4 Å². The van der Waals surface area contributed by atoms with Gasteiger partial charge in [-0.3, -0.25) is 14.5 Å². The van der Waals surface area contributed by atoms with E-state index in [9.17, 15) is 14.7 Å². The molecule has 1 N–H and O–H groups in total. The Morgan fingerprint density at radius 3 is 2.29 bits per heavy atom. The van der Waals surface area contributed by atoms with E-state index in [2.05, 4.69) is 9.97 Å². The van der Waals surface area contributed by atoms with Crippen molar-refractivity contribution in [1.29, 1.82) is 0 Å². The van der Waals surface area contributed by atoms with Crippen LogP contribution in [0.5, 0.6) is 5.75 Å². The molecule has 0 spiro atoms. The Morgan fingerprint density at radius 1 is 1.03 bits per heavy atom. The van der Waals surface area contributed by atoms with Crippen LogP contribution >= 0.6 is 0 Å². The number of hydrogen-bond donors (Lipinski definition) is 1. The van der Waals surface area contributed by atoms with Crippen molar-refractivity contribution in [2.45, 2.75) is 19.9 Å². The predicted molar refractivity (Wildman–Crippen MR) is 116 cm³/mol. The maximum absolute atomic E-state index is 13.0. The lowest BCUT2D eigenvalue weighted by molar-refractivity contribution is -0.132. The second kappa shape index (κ2) is 8.39. The minimum Gasteiger partial charge on any atom is -0.507 e. The van der Waals surface area contributed by atoms with E-state index >= 15 is 0 Å². The zero-order valence-electron chi connectivity index (χ0n) is 17.1. The van der Waals surface area contributed by atoms with Crippen molar-refractivity contribution >= 4 is 23.4 Å². The zero-order chi connectivity index (χ0) is 22.0. The summed E-state index contributed by atoms with van der Waals surface area (Å²) in [5, 5.41) is 11.0. The van der Waals surface area contributed by atoms with Gasteiger partial charge in [0.1, 0.15) is 11.5 Å². The van der Waals surface area contributed by atoms with Gasteiger partial charge in [0, 0.05) is 18.0 Å². The first kappa shape index (κ1) is 20.3. The number of anilines is 1. The SMILES string of the molecule is CCOc1ccc(C2/C(=C(/O)c3ccc(C)cc3)C(=O)C(=O)N2c2ncccn2)cc1. The Hall–Kier alpha value is -4.00. The van der Waals surface area contributed by atoms with Gasteiger partial charge >= 0.3 is 5.91 Å². The topological polar surface area (TPSA) is 92.6 Å². The van der Waals surface area contributed by atoms with Gasteiger partial charge in [-0.25, -0.2) is 9.97 Å². The number of aromatic nitrogens is 2. The summed E-state index contributed by atoms with van der Waals surface area (Å²) in [5.74, 6) is -1.07. The molecule has 1 saturated heterocycles. The normalized spacial score (nSPS) is 17.7. The Morgan fingerprint density at radius 2 is 1.68 bits per heavy atom. The lowest BCUT2D eigenvalue weighted by atomic mass is 9.95. The van der Waals surface area contributed by atoms with Crippen LogP contribution in [0.2, 0.25) is 0 Å². The number of hydrogen-bond acceptors (Lipinski definition) is 6. The minimum absolute atomic E-state index is 0.00883. The van der Waals surface area contributed by atoms with E-state index < -0.39 is 17.7 Å². The highest BCUT2D eigenvalue weighted by Gasteiger charge is 2.48. The first-order valence-corrected chi connectivity index (χ1v) is 9.89. The molecule has 0 bridgehead atoms. The lowest BCUT2D eigenvalue weighted by Crippen LogP contribution is -2.31. The fourth-order valence-corrected chi connectivity index (χ4v) is 3.55. The number of ketones is 1. The van der Waals surface area contributed by atoms with E-state index in [0.29, 0.717) is 23.5 Å². The van der Waals surface area contributed by atoms with Gasteiger partial charge < -0.3 is 9.84 Å². The number of amides is 1. The van der Waals surface area contributed by atoms with E-state index in [0.717, 1.165) is 5.56 Å². The number of nitrogens with zero attached hydrogens (tertiary/aromatic N) is 3. The largest absolute Gasteiger partial charge is 0.507 e. The molecule has 1 amide bonds. The zero-order valence-corrected chi connectivity index (χ0v) is 17.1. The number of Topliss-reactive ketones (excluding diaryl/α,β-unsaturated/α-hetero) is 1. The molecule has 4 rings (SSSR count). The van der Waals surface area contributed by atoms with Gasteiger partial charge in [-0.05, 0) is 37.6 Å². The van der Waals surface area contributed by atoms with Gasteiger partial charge in [-0.2, -0.15) is 0 Å². The summed E-state index contributed by atoms with van der Waals surface area (Å²) in [5.41, 5.74) is 2.08. The molecule has 0 radical (unpaired) electrons. The van der Waals surface area contributed by atoms with Crippen LogP contribution in [-0.2, 0) is 9.59 Å². The highest BCUT2D eigenvalue weighted by molar-refractivity contribution is 6.51. The highest BCUT2D eigenvalue weighted by Crippen LogP contribution is 2.41. The molecule has 7 heteroatoms. The number of carbonyl (C=O) groups excluding carboxylic acids is 2. The first-order valence-electron chi connectivity index (χ1n) is 9.89. The molecule has 7 nitrogen and oxygen atoms in total. The van der Waals surface area contributed by atoms with Crippen LogP contribution < -0.4 is 9.64 Å². The fourth-order valence-electron chi connectivity index (χ4n) is 3.55. The molecule has 1 aliphatic rings. The van der Waals surface area contributed by atoms with Crippen LogP contribution in [0.25, 0.3) is 5.76 Å². The number of benzene rings is 2. The lowest BCUT2D eigenvalue weighted by Gasteiger charge is -2.23. The van der Waals surface area contributed by atoms with Gasteiger partial charge in [0.15, 0.2) is 0 Å². The summed E-state index contributed by atoms with van der Waals surface area (Å²) in [4.78, 5) is 35.6. The van der Waals surface area contributed by atoms with Crippen LogP contribution in [0.1, 0.15) is 29.7 Å². The summed E-state index contributed by atoms with van der Waals surface area (Å²) in [7, 11) is 0. The molecule has 1 unspecified atom stereocenters. The number of aliphatic hydroxyl groups excluding tert-OH is 1. The molecule has 2 heterocycles. The van der Waals surface area contributed by atoms with E-state index in [1.165, 1.54) is 17.3 Å². The summed E-state index contributed by atoms with van der Waals surface area (Å²) >= 11 is 0. The Bertz CT molecular complexity index is 1140. The van der Waals surface area contributed by atoms with E-state index in [4.69, 9.17) is 4.74 Å². The molecule has 0 saturated carbocycles. The number of carbonyl (C=O) groups is 2. The Kier molecular flexibility index (Phi) is 5.49. The molecular formula is C24H21N3O4. The maximum atomic E-state index is 13.0. The maximum Gasteiger partial charge on any atom is 0.302 e. The van der Waals surface area contributed by atoms with Crippen molar-refractivity contribution in [3.63, 3.8) is 0 Å². The van der Waals surface area contributed by atoms with Gasteiger partial charge in [0.2, 0.25) is 5.95 Å². The highest BCUT2D eigenvalue weighted by atomic mass is 16.5. The molecule has 1 aromatic heterocycles. The summed E-state index contributed by atoms with van der Waals surface area (Å²) in [6.45, 7) is 4.33. The molecular weight excluding hydrogens is 394 g/mol. The monoisotopic (exact) mass is 415 g/mol. The summed E-state index contributed by atoms with van der Waals surface area (Å²) in [6.07, 6.45) is 2.99. The number of ether oxygens (including phenoxy) is 1. The van der Waals surface area contributed by atoms with Crippen LogP contribution in [0.3, 0.4) is 0 Å². The molecule has 3 aromatic rings. The van der Waals surface area contributed by atoms with Crippen molar-refractivity contribution in [2.24, 2.45) is 0 Å². The standard InChI is InChI=1S/C24H21N3O4/c1-3-31-18-11-9-16(10-12-18)20-19(21(28)17-7-5-15(2)6-8-17)22(29)23(30)27(20)24-25-13-4-14-26-24/h4-14,20,28H,3H2,1-2H3/b21-19-. The average molecular weight is 415 g/mol. The van der Waals surface area contributed by atoms with Crippen molar-refractivity contribution in [2.75, 3.05) is 11.5 Å². The number of aliphatic hydroxyl groups is 1. The third kappa shape index (κ3) is 3.77. The third-order valence-corrected chi connectivity index (χ3v) is 5.04. The van der Waals surface area contributed by atoms with Crippen LogP contribution in [-0.4, -0.2) is 33.4 Å². The second-order valence-corrected chi connectivity index (χ2v) is 7.09. The second-order valence-electron chi connectivity index (χ2n) is 7.09. The first-order chi connectivity index (χ1) is 15.0. The fraction of sp³-hybridized carbons (Fsp3) is 0.167. The number of rotatable bonds is 5. The minimum atomic E-state index is -0.876. The van der Waals surface area contributed by atoms with E-state index in [1.807, 2.05) is 26.0 Å². The van der Waals surface area contributed by atoms with Gasteiger partial charge in [-0.1, -0.05) is 42.0 Å². The van der Waals surface area contributed by atoms with Crippen LogP contribution in [0, 0.1) is 6.92 Å². The summed E-state index contributed by atoms with van der Waals surface area (Å²) < 4.78 is 5.50. The smallest absolute Gasteiger partial charge is 0.302 e. The van der Waals surface area contributed by atoms with Crippen molar-refractivity contribution in [3.05, 3.63) is 89.3 Å². The van der Waals surface area contributed by atoms with Crippen LogP contribution in [0.15, 0.2) is 72.6 Å². The molecule has 1 atom stereocenters. The van der Waals surface area contributed by atoms with E-state index in [1.54, 1.807) is 42.5 Å². The Labute approximate surface area is 179 Å². The Balaban J connectivity index is 1.89. The molecule has 156 valence electrons. The summed E-state index contributed by atoms with van der Waals surface area (Å²) in [6, 6.07) is 14.9. The van der Waals surface area contributed by atoms with Gasteiger partial charge in [0.05, 0.1) is 18.2 Å². The number of aryl methyl sites for hydroxylation is 1. The molecule has 1 fully saturated rings.